The predicted octanol–water partition coefficient (Wildman–Crippen LogP) is 2.42. The second kappa shape index (κ2) is 6.90. The van der Waals surface area contributed by atoms with Crippen molar-refractivity contribution in [3.8, 4) is 0 Å². The van der Waals surface area contributed by atoms with E-state index in [2.05, 4.69) is 10.3 Å². The Morgan fingerprint density at radius 1 is 1.65 bits per heavy atom. The summed E-state index contributed by atoms with van der Waals surface area (Å²) in [5, 5.41) is 3.50. The predicted molar refractivity (Wildman–Crippen MR) is 79.3 cm³/mol. The van der Waals surface area contributed by atoms with E-state index in [-0.39, 0.29) is 12.0 Å². The molecule has 20 heavy (non-hydrogen) atoms. The van der Waals surface area contributed by atoms with Crippen molar-refractivity contribution in [3.63, 3.8) is 0 Å². The molecule has 1 saturated heterocycles. The second-order valence-electron chi connectivity index (χ2n) is 4.91. The molecule has 1 aromatic heterocycles. The molecule has 1 atom stereocenters. The highest BCUT2D eigenvalue weighted by atomic mass is 35.5. The maximum atomic E-state index is 12.3. The van der Waals surface area contributed by atoms with Gasteiger partial charge in [-0.25, -0.2) is 4.98 Å². The van der Waals surface area contributed by atoms with Crippen LogP contribution >= 0.6 is 11.6 Å². The Kier molecular flexibility index (Phi) is 5.20. The van der Waals surface area contributed by atoms with Crippen molar-refractivity contribution in [1.82, 2.24) is 9.88 Å². The molecule has 0 radical (unpaired) electrons. The number of likely N-dealkylation sites (N-methyl/N-ethyl adjacent to an activating group) is 1. The van der Waals surface area contributed by atoms with Crippen LogP contribution in [0.2, 0.25) is 5.02 Å². The van der Waals surface area contributed by atoms with Crippen LogP contribution in [0.15, 0.2) is 12.3 Å². The van der Waals surface area contributed by atoms with Crippen LogP contribution in [0, 0.1) is 0 Å². The van der Waals surface area contributed by atoms with E-state index < -0.39 is 0 Å². The monoisotopic (exact) mass is 297 g/mol. The first kappa shape index (κ1) is 15.1. The molecule has 6 heteroatoms. The number of aromatic nitrogens is 1. The van der Waals surface area contributed by atoms with E-state index in [0.717, 1.165) is 26.0 Å². The molecule has 0 aliphatic carbocycles. The lowest BCUT2D eigenvalue weighted by Gasteiger charge is -2.21. The van der Waals surface area contributed by atoms with Crippen molar-refractivity contribution in [1.29, 1.82) is 0 Å². The summed E-state index contributed by atoms with van der Waals surface area (Å²) < 4.78 is 5.54. The SMILES string of the molecule is CCNc1ncc(C(=O)N(C)CC2CCCO2)cc1Cl. The minimum Gasteiger partial charge on any atom is -0.376 e. The molecule has 5 nitrogen and oxygen atoms in total. The van der Waals surface area contributed by atoms with Crippen LogP contribution in [0.4, 0.5) is 5.82 Å². The maximum Gasteiger partial charge on any atom is 0.255 e. The van der Waals surface area contributed by atoms with Gasteiger partial charge in [0.2, 0.25) is 0 Å². The normalized spacial score (nSPS) is 18.1. The van der Waals surface area contributed by atoms with Gasteiger partial charge in [-0.15, -0.1) is 0 Å². The molecule has 1 aliphatic heterocycles. The minimum atomic E-state index is -0.0852. The Hall–Kier alpha value is -1.33. The summed E-state index contributed by atoms with van der Waals surface area (Å²) in [5.41, 5.74) is 0.497. The van der Waals surface area contributed by atoms with Crippen LogP contribution in [-0.4, -0.2) is 48.6 Å². The van der Waals surface area contributed by atoms with Gasteiger partial charge in [-0.05, 0) is 25.8 Å². The lowest BCUT2D eigenvalue weighted by Crippen LogP contribution is -2.34. The fourth-order valence-corrected chi connectivity index (χ4v) is 2.48. The number of nitrogens with zero attached hydrogens (tertiary/aromatic N) is 2. The molecule has 1 N–H and O–H groups in total. The van der Waals surface area contributed by atoms with Crippen LogP contribution in [0.25, 0.3) is 0 Å². The van der Waals surface area contributed by atoms with Gasteiger partial charge in [-0.1, -0.05) is 11.6 Å². The van der Waals surface area contributed by atoms with Crippen LogP contribution in [-0.2, 0) is 4.74 Å². The minimum absolute atomic E-state index is 0.0852. The number of hydrogen-bond donors (Lipinski definition) is 1. The molecule has 0 saturated carbocycles. The molecule has 1 amide bonds. The summed E-state index contributed by atoms with van der Waals surface area (Å²) in [7, 11) is 1.77. The van der Waals surface area contributed by atoms with Crippen LogP contribution in [0.3, 0.4) is 0 Å². The van der Waals surface area contributed by atoms with E-state index in [1.54, 1.807) is 24.2 Å². The molecule has 1 unspecified atom stereocenters. The molecule has 2 rings (SSSR count). The zero-order chi connectivity index (χ0) is 14.5. The molecule has 110 valence electrons. The van der Waals surface area contributed by atoms with Crippen molar-refractivity contribution >= 4 is 23.3 Å². The number of carbonyl (C=O) groups is 1. The van der Waals surface area contributed by atoms with Gasteiger partial charge in [-0.3, -0.25) is 4.79 Å². The van der Waals surface area contributed by atoms with Crippen molar-refractivity contribution in [2.75, 3.05) is 32.1 Å². The number of ether oxygens (including phenoxy) is 1. The smallest absolute Gasteiger partial charge is 0.255 e. The van der Waals surface area contributed by atoms with E-state index >= 15 is 0 Å². The first-order chi connectivity index (χ1) is 9.61. The summed E-state index contributed by atoms with van der Waals surface area (Å²) in [5.74, 6) is 0.519. The standard InChI is InChI=1S/C14H20ClN3O2/c1-3-16-13-12(15)7-10(8-17-13)14(19)18(2)9-11-5-4-6-20-11/h7-8,11H,3-6,9H2,1-2H3,(H,16,17). The van der Waals surface area contributed by atoms with Gasteiger partial charge in [0.15, 0.2) is 0 Å². The quantitative estimate of drug-likeness (QED) is 0.907. The Bertz CT molecular complexity index is 475. The number of nitrogens with one attached hydrogen (secondary N) is 1. The third-order valence-electron chi connectivity index (χ3n) is 3.28. The Balaban J connectivity index is 2.02. The van der Waals surface area contributed by atoms with Crippen molar-refractivity contribution in [3.05, 3.63) is 22.8 Å². The number of anilines is 1. The fourth-order valence-electron chi connectivity index (χ4n) is 2.25. The molecular weight excluding hydrogens is 278 g/mol. The van der Waals surface area contributed by atoms with Crippen molar-refractivity contribution < 1.29 is 9.53 Å². The van der Waals surface area contributed by atoms with Gasteiger partial charge in [0.1, 0.15) is 5.82 Å². The van der Waals surface area contributed by atoms with E-state index in [1.807, 2.05) is 6.92 Å². The van der Waals surface area contributed by atoms with Crippen molar-refractivity contribution in [2.45, 2.75) is 25.9 Å². The summed E-state index contributed by atoms with van der Waals surface area (Å²) in [6.07, 6.45) is 3.78. The average Bonchev–Trinajstić information content (AvgIpc) is 2.93. The zero-order valence-corrected chi connectivity index (χ0v) is 12.6. The van der Waals surface area contributed by atoms with Crippen LogP contribution in [0.1, 0.15) is 30.1 Å². The summed E-state index contributed by atoms with van der Waals surface area (Å²) in [6.45, 7) is 4.09. The largest absolute Gasteiger partial charge is 0.376 e. The van der Waals surface area contributed by atoms with Crippen molar-refractivity contribution in [2.24, 2.45) is 0 Å². The lowest BCUT2D eigenvalue weighted by atomic mass is 10.2. The molecule has 2 heterocycles. The Morgan fingerprint density at radius 3 is 3.05 bits per heavy atom. The van der Waals surface area contributed by atoms with Gasteiger partial charge >= 0.3 is 0 Å². The third kappa shape index (κ3) is 3.61. The van der Waals surface area contributed by atoms with E-state index in [1.165, 1.54) is 0 Å². The molecule has 1 aromatic rings. The lowest BCUT2D eigenvalue weighted by molar-refractivity contribution is 0.0587. The topological polar surface area (TPSA) is 54.5 Å². The Morgan fingerprint density at radius 2 is 2.45 bits per heavy atom. The molecule has 0 aromatic carbocycles. The number of halogens is 1. The first-order valence-corrected chi connectivity index (χ1v) is 7.26. The highest BCUT2D eigenvalue weighted by Gasteiger charge is 2.21. The number of pyridine rings is 1. The zero-order valence-electron chi connectivity index (χ0n) is 11.9. The summed E-state index contributed by atoms with van der Waals surface area (Å²) >= 11 is 6.11. The highest BCUT2D eigenvalue weighted by molar-refractivity contribution is 6.33. The van der Waals surface area contributed by atoms with Crippen LogP contribution in [0.5, 0.6) is 0 Å². The molecule has 1 aliphatic rings. The van der Waals surface area contributed by atoms with Crippen LogP contribution < -0.4 is 5.32 Å². The fraction of sp³-hybridized carbons (Fsp3) is 0.571. The summed E-state index contributed by atoms with van der Waals surface area (Å²) in [4.78, 5) is 18.1. The molecule has 1 fully saturated rings. The number of amides is 1. The maximum absolute atomic E-state index is 12.3. The van der Waals surface area contributed by atoms with Gasteiger partial charge in [-0.2, -0.15) is 0 Å². The molecule has 0 spiro atoms. The third-order valence-corrected chi connectivity index (χ3v) is 3.57. The van der Waals surface area contributed by atoms with Gasteiger partial charge < -0.3 is 15.0 Å². The number of carbonyl (C=O) groups excluding carboxylic acids is 1. The average molecular weight is 298 g/mol. The highest BCUT2D eigenvalue weighted by Crippen LogP contribution is 2.21. The van der Waals surface area contributed by atoms with E-state index in [0.29, 0.717) is 22.9 Å². The second-order valence-corrected chi connectivity index (χ2v) is 5.31. The molecular formula is C14H20ClN3O2. The number of hydrogen-bond acceptors (Lipinski definition) is 4. The van der Waals surface area contributed by atoms with Gasteiger partial charge in [0.05, 0.1) is 16.7 Å². The first-order valence-electron chi connectivity index (χ1n) is 6.88. The number of rotatable bonds is 5. The van der Waals surface area contributed by atoms with E-state index in [9.17, 15) is 4.79 Å². The summed E-state index contributed by atoms with van der Waals surface area (Å²) in [6, 6.07) is 1.65. The van der Waals surface area contributed by atoms with Gasteiger partial charge in [0.25, 0.3) is 5.91 Å². The van der Waals surface area contributed by atoms with E-state index in [4.69, 9.17) is 16.3 Å². The Labute approximate surface area is 124 Å². The van der Waals surface area contributed by atoms with Gasteiger partial charge in [0, 0.05) is 32.9 Å². The molecule has 0 bridgehead atoms.